The van der Waals surface area contributed by atoms with Crippen LogP contribution in [-0.2, 0) is 12.5 Å². The Balaban J connectivity index is 2.09. The van der Waals surface area contributed by atoms with Crippen LogP contribution in [0.1, 0.15) is 11.1 Å². The lowest BCUT2D eigenvalue weighted by Gasteiger charge is -2.09. The van der Waals surface area contributed by atoms with Gasteiger partial charge in [-0.25, -0.2) is 0 Å². The van der Waals surface area contributed by atoms with Crippen molar-refractivity contribution >= 4 is 34.8 Å². The van der Waals surface area contributed by atoms with E-state index < -0.39 is 0 Å². The van der Waals surface area contributed by atoms with Crippen LogP contribution in [0.3, 0.4) is 0 Å². The SMILES string of the molecule is ClCc1cccc(OCc2cccc(Cl)c2Cl)c1. The van der Waals surface area contributed by atoms with E-state index in [9.17, 15) is 0 Å². The highest BCUT2D eigenvalue weighted by atomic mass is 35.5. The summed E-state index contributed by atoms with van der Waals surface area (Å²) >= 11 is 17.8. The molecule has 0 spiro atoms. The van der Waals surface area contributed by atoms with Crippen molar-refractivity contribution < 1.29 is 4.74 Å². The third-order valence-electron chi connectivity index (χ3n) is 2.48. The molecule has 0 aliphatic rings. The fourth-order valence-electron chi connectivity index (χ4n) is 1.54. The summed E-state index contributed by atoms with van der Waals surface area (Å²) in [5.74, 6) is 1.24. The standard InChI is InChI=1S/C14H11Cl3O/c15-8-10-3-1-5-12(7-10)18-9-11-4-2-6-13(16)14(11)17/h1-7H,8-9H2. The molecule has 0 unspecified atom stereocenters. The van der Waals surface area contributed by atoms with Crippen LogP contribution in [0.5, 0.6) is 5.75 Å². The average Bonchev–Trinajstić information content (AvgIpc) is 2.41. The third-order valence-corrected chi connectivity index (χ3v) is 3.65. The molecular formula is C14H11Cl3O. The molecule has 2 aromatic carbocycles. The van der Waals surface area contributed by atoms with E-state index in [1.807, 2.05) is 36.4 Å². The predicted octanol–water partition coefficient (Wildman–Crippen LogP) is 5.31. The quantitative estimate of drug-likeness (QED) is 0.695. The van der Waals surface area contributed by atoms with E-state index in [2.05, 4.69) is 0 Å². The van der Waals surface area contributed by atoms with Crippen LogP contribution in [0, 0.1) is 0 Å². The lowest BCUT2D eigenvalue weighted by molar-refractivity contribution is 0.306. The topological polar surface area (TPSA) is 9.23 Å². The predicted molar refractivity (Wildman–Crippen MR) is 76.8 cm³/mol. The molecule has 0 N–H and O–H groups in total. The van der Waals surface area contributed by atoms with Crippen molar-refractivity contribution in [1.82, 2.24) is 0 Å². The van der Waals surface area contributed by atoms with Gasteiger partial charge in [0.2, 0.25) is 0 Å². The minimum absolute atomic E-state index is 0.380. The van der Waals surface area contributed by atoms with Gasteiger partial charge in [0.25, 0.3) is 0 Å². The Morgan fingerprint density at radius 1 is 1.00 bits per heavy atom. The van der Waals surface area contributed by atoms with Crippen LogP contribution in [0.25, 0.3) is 0 Å². The van der Waals surface area contributed by atoms with Gasteiger partial charge >= 0.3 is 0 Å². The van der Waals surface area contributed by atoms with Crippen LogP contribution in [-0.4, -0.2) is 0 Å². The summed E-state index contributed by atoms with van der Waals surface area (Å²) in [5.41, 5.74) is 1.88. The first-order valence-corrected chi connectivity index (χ1v) is 6.70. The van der Waals surface area contributed by atoms with Crippen molar-refractivity contribution in [2.24, 2.45) is 0 Å². The lowest BCUT2D eigenvalue weighted by atomic mass is 10.2. The van der Waals surface area contributed by atoms with Crippen LogP contribution in [0.15, 0.2) is 42.5 Å². The summed E-state index contributed by atoms with van der Waals surface area (Å²) < 4.78 is 5.67. The molecule has 0 atom stereocenters. The van der Waals surface area contributed by atoms with Gasteiger partial charge in [-0.3, -0.25) is 0 Å². The van der Waals surface area contributed by atoms with Gasteiger partial charge in [0.05, 0.1) is 10.0 Å². The molecule has 0 radical (unpaired) electrons. The van der Waals surface area contributed by atoms with E-state index in [-0.39, 0.29) is 0 Å². The van der Waals surface area contributed by atoms with Gasteiger partial charge in [-0.2, -0.15) is 0 Å². The molecule has 0 aromatic heterocycles. The number of benzene rings is 2. The second kappa shape index (κ2) is 6.33. The fraction of sp³-hybridized carbons (Fsp3) is 0.143. The molecule has 4 heteroatoms. The van der Waals surface area contributed by atoms with E-state index in [0.29, 0.717) is 22.5 Å². The average molecular weight is 302 g/mol. The van der Waals surface area contributed by atoms with E-state index in [4.69, 9.17) is 39.5 Å². The molecule has 0 heterocycles. The van der Waals surface area contributed by atoms with Crippen LogP contribution >= 0.6 is 34.8 Å². The monoisotopic (exact) mass is 300 g/mol. The van der Waals surface area contributed by atoms with E-state index in [0.717, 1.165) is 16.9 Å². The van der Waals surface area contributed by atoms with Crippen molar-refractivity contribution in [2.75, 3.05) is 0 Å². The summed E-state index contributed by atoms with van der Waals surface area (Å²) in [5, 5.41) is 1.07. The minimum atomic E-state index is 0.380. The maximum Gasteiger partial charge on any atom is 0.120 e. The molecule has 18 heavy (non-hydrogen) atoms. The van der Waals surface area contributed by atoms with Crippen molar-refractivity contribution in [3.05, 3.63) is 63.6 Å². The zero-order valence-electron chi connectivity index (χ0n) is 9.50. The fourth-order valence-corrected chi connectivity index (χ4v) is 2.08. The molecule has 0 amide bonds. The van der Waals surface area contributed by atoms with Crippen LogP contribution in [0.4, 0.5) is 0 Å². The van der Waals surface area contributed by atoms with E-state index in [1.54, 1.807) is 6.07 Å². The summed E-state index contributed by atoms with van der Waals surface area (Å²) in [7, 11) is 0. The molecule has 2 rings (SSSR count). The first-order chi connectivity index (χ1) is 8.70. The Bertz CT molecular complexity index is 540. The molecule has 2 aromatic rings. The molecule has 0 saturated heterocycles. The largest absolute Gasteiger partial charge is 0.489 e. The molecule has 0 aliphatic heterocycles. The molecule has 0 bridgehead atoms. The first-order valence-electron chi connectivity index (χ1n) is 5.41. The van der Waals surface area contributed by atoms with E-state index >= 15 is 0 Å². The van der Waals surface area contributed by atoms with Crippen molar-refractivity contribution in [3.8, 4) is 5.75 Å². The highest BCUT2D eigenvalue weighted by Gasteiger charge is 2.05. The number of hydrogen-bond acceptors (Lipinski definition) is 1. The van der Waals surface area contributed by atoms with Gasteiger partial charge in [0, 0.05) is 11.4 Å². The third kappa shape index (κ3) is 3.32. The second-order valence-electron chi connectivity index (χ2n) is 3.78. The molecule has 0 aliphatic carbocycles. The maximum absolute atomic E-state index is 6.08. The van der Waals surface area contributed by atoms with Gasteiger partial charge in [0.15, 0.2) is 0 Å². The zero-order chi connectivity index (χ0) is 13.0. The number of alkyl halides is 1. The normalized spacial score (nSPS) is 10.4. The smallest absolute Gasteiger partial charge is 0.120 e. The first kappa shape index (κ1) is 13.5. The summed E-state index contributed by atoms with van der Waals surface area (Å²) in [4.78, 5) is 0. The zero-order valence-corrected chi connectivity index (χ0v) is 11.8. The highest BCUT2D eigenvalue weighted by Crippen LogP contribution is 2.26. The summed E-state index contributed by atoms with van der Waals surface area (Å²) in [6, 6.07) is 13.1. The van der Waals surface area contributed by atoms with Crippen LogP contribution < -0.4 is 4.74 Å². The number of rotatable bonds is 4. The minimum Gasteiger partial charge on any atom is -0.489 e. The van der Waals surface area contributed by atoms with Crippen LogP contribution in [0.2, 0.25) is 10.0 Å². The Kier molecular flexibility index (Phi) is 4.76. The number of ether oxygens (including phenoxy) is 1. The van der Waals surface area contributed by atoms with Gasteiger partial charge in [-0.15, -0.1) is 11.6 Å². The maximum atomic E-state index is 6.08. The molecule has 0 fully saturated rings. The van der Waals surface area contributed by atoms with E-state index in [1.165, 1.54) is 0 Å². The van der Waals surface area contributed by atoms with Gasteiger partial charge in [-0.1, -0.05) is 47.5 Å². The number of halogens is 3. The van der Waals surface area contributed by atoms with Gasteiger partial charge in [-0.05, 0) is 23.8 Å². The summed E-state index contributed by atoms with van der Waals surface area (Å²) in [6.07, 6.45) is 0. The lowest BCUT2D eigenvalue weighted by Crippen LogP contribution is -1.96. The Labute approximate surface area is 121 Å². The summed E-state index contributed by atoms with van der Waals surface area (Å²) in [6.45, 7) is 0.380. The molecule has 0 saturated carbocycles. The highest BCUT2D eigenvalue weighted by molar-refractivity contribution is 6.42. The molecule has 94 valence electrons. The van der Waals surface area contributed by atoms with Crippen molar-refractivity contribution in [1.29, 1.82) is 0 Å². The van der Waals surface area contributed by atoms with Gasteiger partial charge < -0.3 is 4.74 Å². The van der Waals surface area contributed by atoms with Crippen molar-refractivity contribution in [3.63, 3.8) is 0 Å². The molecule has 1 nitrogen and oxygen atoms in total. The van der Waals surface area contributed by atoms with Gasteiger partial charge in [0.1, 0.15) is 12.4 Å². The Hall–Kier alpha value is -0.890. The number of hydrogen-bond donors (Lipinski definition) is 0. The Morgan fingerprint density at radius 3 is 2.56 bits per heavy atom. The second-order valence-corrected chi connectivity index (χ2v) is 4.84. The molecular weight excluding hydrogens is 291 g/mol. The Morgan fingerprint density at radius 2 is 1.78 bits per heavy atom. The van der Waals surface area contributed by atoms with Crippen molar-refractivity contribution in [2.45, 2.75) is 12.5 Å².